The van der Waals surface area contributed by atoms with Crippen molar-refractivity contribution in [2.45, 2.75) is 40.2 Å². The lowest BCUT2D eigenvalue weighted by molar-refractivity contribution is -0.140. The molecule has 3 rings (SSSR count). The number of ether oxygens (including phenoxy) is 1. The van der Waals surface area contributed by atoms with Gasteiger partial charge in [0.1, 0.15) is 0 Å². The van der Waals surface area contributed by atoms with Gasteiger partial charge in [-0.1, -0.05) is 0 Å². The Balaban J connectivity index is 1.70. The van der Waals surface area contributed by atoms with Gasteiger partial charge in [-0.25, -0.2) is 4.68 Å². The van der Waals surface area contributed by atoms with Crippen LogP contribution in [0.25, 0.3) is 5.69 Å². The number of hydrogen-bond acceptors (Lipinski definition) is 5. The topological polar surface area (TPSA) is 73.2 Å². The molecule has 0 bridgehead atoms. The smallest absolute Gasteiger partial charge is 0.305 e. The van der Waals surface area contributed by atoms with Gasteiger partial charge in [-0.15, -0.1) is 11.3 Å². The number of nitrogens with zero attached hydrogens (tertiary/aromatic N) is 2. The summed E-state index contributed by atoms with van der Waals surface area (Å²) in [6.45, 7) is 6.49. The molecule has 7 heteroatoms. The minimum atomic E-state index is -0.232. The van der Waals surface area contributed by atoms with Crippen LogP contribution in [0.2, 0.25) is 0 Å². The molecular formula is C22H25N3O3S. The van der Waals surface area contributed by atoms with Gasteiger partial charge >= 0.3 is 5.97 Å². The van der Waals surface area contributed by atoms with Crippen LogP contribution >= 0.6 is 11.3 Å². The fourth-order valence-electron chi connectivity index (χ4n) is 3.22. The van der Waals surface area contributed by atoms with Crippen molar-refractivity contribution >= 4 is 23.2 Å². The second-order valence-corrected chi connectivity index (χ2v) is 7.89. The molecule has 1 N–H and O–H groups in total. The van der Waals surface area contributed by atoms with Gasteiger partial charge in [-0.05, 0) is 74.0 Å². The zero-order chi connectivity index (χ0) is 21.0. The van der Waals surface area contributed by atoms with E-state index in [0.717, 1.165) is 27.5 Å². The molecule has 0 unspecified atom stereocenters. The number of benzene rings is 1. The van der Waals surface area contributed by atoms with Crippen LogP contribution in [0.15, 0.2) is 35.7 Å². The molecule has 1 aromatic carbocycles. The van der Waals surface area contributed by atoms with Crippen molar-refractivity contribution < 1.29 is 14.3 Å². The lowest BCUT2D eigenvalue weighted by Crippen LogP contribution is -2.22. The number of carbonyl (C=O) groups is 2. The molecule has 3 aromatic rings. The van der Waals surface area contributed by atoms with Gasteiger partial charge in [-0.3, -0.25) is 9.59 Å². The van der Waals surface area contributed by atoms with E-state index in [0.29, 0.717) is 24.9 Å². The Bertz CT molecular complexity index is 1020. The van der Waals surface area contributed by atoms with E-state index in [1.807, 2.05) is 43.0 Å². The van der Waals surface area contributed by atoms with Crippen molar-refractivity contribution in [2.75, 3.05) is 7.11 Å². The molecule has 152 valence electrons. The average molecular weight is 412 g/mol. The molecule has 6 nitrogen and oxygen atoms in total. The van der Waals surface area contributed by atoms with Gasteiger partial charge in [-0.2, -0.15) is 5.10 Å². The molecule has 0 aliphatic carbocycles. The number of hydrogen-bond donors (Lipinski definition) is 1. The Morgan fingerprint density at radius 1 is 1.14 bits per heavy atom. The number of esters is 1. The number of rotatable bonds is 7. The molecule has 2 aromatic heterocycles. The third-order valence-corrected chi connectivity index (χ3v) is 6.02. The number of methoxy groups -OCH3 is 1. The Morgan fingerprint density at radius 3 is 2.48 bits per heavy atom. The van der Waals surface area contributed by atoms with E-state index < -0.39 is 0 Å². The molecule has 0 aliphatic rings. The normalized spacial score (nSPS) is 10.8. The number of aromatic nitrogens is 2. The van der Waals surface area contributed by atoms with Gasteiger partial charge in [0.2, 0.25) is 0 Å². The van der Waals surface area contributed by atoms with Gasteiger partial charge in [0.05, 0.1) is 25.0 Å². The van der Waals surface area contributed by atoms with Crippen LogP contribution in [0.4, 0.5) is 0 Å². The number of carbonyl (C=O) groups excluding carboxylic acids is 2. The summed E-state index contributed by atoms with van der Waals surface area (Å²) in [7, 11) is 1.39. The van der Waals surface area contributed by atoms with Gasteiger partial charge < -0.3 is 10.1 Å². The molecule has 0 fully saturated rings. The quantitative estimate of drug-likeness (QED) is 0.599. The Morgan fingerprint density at radius 2 is 1.86 bits per heavy atom. The van der Waals surface area contributed by atoms with Crippen LogP contribution in [0.3, 0.4) is 0 Å². The lowest BCUT2D eigenvalue weighted by Gasteiger charge is -2.08. The molecular weight excluding hydrogens is 386 g/mol. The number of thiophene rings is 1. The van der Waals surface area contributed by atoms with Crippen molar-refractivity contribution in [2.24, 2.45) is 0 Å². The lowest BCUT2D eigenvalue weighted by atomic mass is 10.1. The summed E-state index contributed by atoms with van der Waals surface area (Å²) in [5, 5.41) is 9.60. The predicted molar refractivity (Wildman–Crippen MR) is 114 cm³/mol. The van der Waals surface area contributed by atoms with Gasteiger partial charge in [0.25, 0.3) is 5.91 Å². The average Bonchev–Trinajstić information content (AvgIpc) is 3.26. The third-order valence-electron chi connectivity index (χ3n) is 5.00. The van der Waals surface area contributed by atoms with E-state index in [9.17, 15) is 9.59 Å². The van der Waals surface area contributed by atoms with Crippen LogP contribution in [-0.2, 0) is 22.5 Å². The fraction of sp³-hybridized carbons (Fsp3) is 0.318. The second kappa shape index (κ2) is 9.05. The SMILES string of the molecule is COC(=O)CCc1c(C)nn(-c2ccc(C(=O)NCc3sccc3C)cc2)c1C. The van der Waals surface area contributed by atoms with Gasteiger partial charge in [0.15, 0.2) is 0 Å². The zero-order valence-electron chi connectivity index (χ0n) is 17.1. The van der Waals surface area contributed by atoms with Crippen LogP contribution in [0.5, 0.6) is 0 Å². The summed E-state index contributed by atoms with van der Waals surface area (Å²) in [5.41, 5.74) is 5.59. The first-order valence-corrected chi connectivity index (χ1v) is 10.3. The maximum Gasteiger partial charge on any atom is 0.305 e. The molecule has 2 heterocycles. The van der Waals surface area contributed by atoms with E-state index in [2.05, 4.69) is 16.5 Å². The van der Waals surface area contributed by atoms with Crippen molar-refractivity contribution in [3.05, 3.63) is 68.7 Å². The first-order valence-electron chi connectivity index (χ1n) is 9.44. The molecule has 0 aliphatic heterocycles. The Labute approximate surface area is 174 Å². The minimum Gasteiger partial charge on any atom is -0.469 e. The van der Waals surface area contributed by atoms with E-state index in [4.69, 9.17) is 4.74 Å². The first-order chi connectivity index (χ1) is 13.9. The van der Waals surface area contributed by atoms with Crippen LogP contribution in [-0.4, -0.2) is 28.8 Å². The van der Waals surface area contributed by atoms with E-state index in [-0.39, 0.29) is 11.9 Å². The molecule has 29 heavy (non-hydrogen) atoms. The maximum atomic E-state index is 12.4. The molecule has 1 amide bonds. The zero-order valence-corrected chi connectivity index (χ0v) is 17.9. The minimum absolute atomic E-state index is 0.100. The second-order valence-electron chi connectivity index (χ2n) is 6.89. The van der Waals surface area contributed by atoms with Crippen LogP contribution < -0.4 is 5.32 Å². The number of nitrogens with one attached hydrogen (secondary N) is 1. The molecule has 0 saturated heterocycles. The summed E-state index contributed by atoms with van der Waals surface area (Å²) in [5.74, 6) is -0.332. The fourth-order valence-corrected chi connectivity index (χ4v) is 4.06. The van der Waals surface area contributed by atoms with Crippen molar-refractivity contribution in [1.29, 1.82) is 0 Å². The van der Waals surface area contributed by atoms with Gasteiger partial charge in [0, 0.05) is 22.6 Å². The number of aryl methyl sites for hydroxylation is 2. The highest BCUT2D eigenvalue weighted by molar-refractivity contribution is 7.10. The van der Waals surface area contributed by atoms with E-state index in [1.165, 1.54) is 12.7 Å². The summed E-state index contributed by atoms with van der Waals surface area (Å²) in [4.78, 5) is 25.0. The standard InChI is InChI=1S/C22H25N3O3S/c1-14-11-12-29-20(14)13-23-22(27)17-5-7-18(8-6-17)25-16(3)19(15(2)24-25)9-10-21(26)28-4/h5-8,11-12H,9-10,13H2,1-4H3,(H,23,27). The summed E-state index contributed by atoms with van der Waals surface area (Å²) < 4.78 is 6.57. The Hall–Kier alpha value is -2.93. The van der Waals surface area contributed by atoms with E-state index >= 15 is 0 Å². The molecule has 0 spiro atoms. The monoisotopic (exact) mass is 411 g/mol. The number of amides is 1. The molecule has 0 saturated carbocycles. The highest BCUT2D eigenvalue weighted by Gasteiger charge is 2.15. The highest BCUT2D eigenvalue weighted by Crippen LogP contribution is 2.20. The summed E-state index contributed by atoms with van der Waals surface area (Å²) >= 11 is 1.64. The van der Waals surface area contributed by atoms with Crippen LogP contribution in [0, 0.1) is 20.8 Å². The molecule has 0 atom stereocenters. The molecule has 0 radical (unpaired) electrons. The van der Waals surface area contributed by atoms with E-state index in [1.54, 1.807) is 23.5 Å². The van der Waals surface area contributed by atoms with Crippen molar-refractivity contribution in [3.63, 3.8) is 0 Å². The summed E-state index contributed by atoms with van der Waals surface area (Å²) in [6, 6.07) is 9.42. The maximum absolute atomic E-state index is 12.4. The predicted octanol–water partition coefficient (Wildman–Crippen LogP) is 3.89. The highest BCUT2D eigenvalue weighted by atomic mass is 32.1. The van der Waals surface area contributed by atoms with Crippen LogP contribution in [0.1, 0.15) is 44.2 Å². The van der Waals surface area contributed by atoms with Crippen molar-refractivity contribution in [3.8, 4) is 5.69 Å². The van der Waals surface area contributed by atoms with Crippen molar-refractivity contribution in [1.82, 2.24) is 15.1 Å². The first kappa shape index (κ1) is 20.8. The largest absolute Gasteiger partial charge is 0.469 e. The third kappa shape index (κ3) is 4.74. The summed E-state index contributed by atoms with van der Waals surface area (Å²) in [6.07, 6.45) is 0.916. The Kier molecular flexibility index (Phi) is 6.49.